The van der Waals surface area contributed by atoms with E-state index in [1.807, 2.05) is 0 Å². The van der Waals surface area contributed by atoms with Crippen molar-refractivity contribution in [3.8, 4) is 0 Å². The quantitative estimate of drug-likeness (QED) is 0.235. The highest BCUT2D eigenvalue weighted by Crippen LogP contribution is 2.09. The Morgan fingerprint density at radius 1 is 1.10 bits per heavy atom. The highest BCUT2D eigenvalue weighted by Gasteiger charge is 2.08. The minimum Gasteiger partial charge on any atom is -0.366 e. The molecule has 0 aromatic carbocycles. The highest BCUT2D eigenvalue weighted by molar-refractivity contribution is 5.75. The summed E-state index contributed by atoms with van der Waals surface area (Å²) in [6.45, 7) is 4.14. The maximum Gasteiger partial charge on any atom is 0.331 e. The van der Waals surface area contributed by atoms with E-state index < -0.39 is 5.97 Å². The number of unbranched alkanes of at least 4 members (excludes halogenated alkanes) is 8. The zero-order valence-electron chi connectivity index (χ0n) is 12.9. The Labute approximate surface area is 122 Å². The molecule has 0 amide bonds. The topological polar surface area (TPSA) is 91.4 Å². The Kier molecular flexibility index (Phi) is 11.9. The SMILES string of the molecule is CCCCCCCCCCCNN(OC(C)=O)C(=N)N. The van der Waals surface area contributed by atoms with Gasteiger partial charge in [-0.15, -0.1) is 0 Å². The third kappa shape index (κ3) is 11.8. The molecule has 0 rings (SSSR count). The molecule has 0 fully saturated rings. The summed E-state index contributed by atoms with van der Waals surface area (Å²) in [4.78, 5) is 15.5. The molecule has 0 aliphatic carbocycles. The molecular formula is C14H30N4O2. The maximum absolute atomic E-state index is 10.8. The molecule has 6 nitrogen and oxygen atoms in total. The summed E-state index contributed by atoms with van der Waals surface area (Å²) in [7, 11) is 0. The Morgan fingerprint density at radius 3 is 2.05 bits per heavy atom. The molecule has 0 heterocycles. The van der Waals surface area contributed by atoms with Gasteiger partial charge in [-0.25, -0.2) is 4.79 Å². The van der Waals surface area contributed by atoms with Crippen LogP contribution in [0.25, 0.3) is 0 Å². The second-order valence-corrected chi connectivity index (χ2v) is 5.00. The lowest BCUT2D eigenvalue weighted by Crippen LogP contribution is -2.47. The average molecular weight is 286 g/mol. The zero-order chi connectivity index (χ0) is 15.2. The third-order valence-electron chi connectivity index (χ3n) is 2.97. The third-order valence-corrected chi connectivity index (χ3v) is 2.97. The van der Waals surface area contributed by atoms with Gasteiger partial charge in [-0.05, 0) is 6.42 Å². The van der Waals surface area contributed by atoms with Crippen LogP contribution in [0.5, 0.6) is 0 Å². The number of carbonyl (C=O) groups is 1. The number of hydrogen-bond donors (Lipinski definition) is 3. The van der Waals surface area contributed by atoms with Crippen LogP contribution in [0, 0.1) is 5.41 Å². The summed E-state index contributed by atoms with van der Waals surface area (Å²) in [6, 6.07) is 0. The summed E-state index contributed by atoms with van der Waals surface area (Å²) in [5, 5.41) is 8.15. The first kappa shape index (κ1) is 18.7. The summed E-state index contributed by atoms with van der Waals surface area (Å²) in [6.07, 6.45) is 11.3. The molecule has 0 radical (unpaired) electrons. The summed E-state index contributed by atoms with van der Waals surface area (Å²) in [5.41, 5.74) is 8.08. The van der Waals surface area contributed by atoms with Gasteiger partial charge in [0.15, 0.2) is 0 Å². The molecule has 0 saturated heterocycles. The van der Waals surface area contributed by atoms with Crippen molar-refractivity contribution in [1.82, 2.24) is 10.6 Å². The number of nitrogens with two attached hydrogens (primary N) is 1. The molecule has 0 atom stereocenters. The first-order valence-electron chi connectivity index (χ1n) is 7.64. The zero-order valence-corrected chi connectivity index (χ0v) is 12.9. The van der Waals surface area contributed by atoms with Crippen LogP contribution in [0.15, 0.2) is 0 Å². The number of rotatable bonds is 11. The first-order chi connectivity index (χ1) is 9.57. The monoisotopic (exact) mass is 286 g/mol. The van der Waals surface area contributed by atoms with Gasteiger partial charge in [0.05, 0.1) is 0 Å². The van der Waals surface area contributed by atoms with E-state index in [4.69, 9.17) is 16.0 Å². The van der Waals surface area contributed by atoms with Gasteiger partial charge < -0.3 is 10.6 Å². The van der Waals surface area contributed by atoms with E-state index in [0.29, 0.717) is 6.54 Å². The van der Waals surface area contributed by atoms with Gasteiger partial charge in [0.1, 0.15) is 0 Å². The van der Waals surface area contributed by atoms with Gasteiger partial charge >= 0.3 is 5.97 Å². The van der Waals surface area contributed by atoms with E-state index >= 15 is 0 Å². The van der Waals surface area contributed by atoms with Crippen molar-refractivity contribution >= 4 is 11.9 Å². The molecule has 0 spiro atoms. The van der Waals surface area contributed by atoms with Crippen LogP contribution in [-0.2, 0) is 9.63 Å². The Morgan fingerprint density at radius 2 is 1.60 bits per heavy atom. The number of carbonyl (C=O) groups excluding carboxylic acids is 1. The Bertz CT molecular complexity index is 272. The molecule has 0 saturated carbocycles. The summed E-state index contributed by atoms with van der Waals surface area (Å²) in [5.74, 6) is -0.823. The molecule has 0 unspecified atom stereocenters. The molecule has 0 aromatic heterocycles. The largest absolute Gasteiger partial charge is 0.366 e. The number of hydrogen-bond acceptors (Lipinski definition) is 4. The van der Waals surface area contributed by atoms with E-state index in [1.165, 1.54) is 51.9 Å². The van der Waals surface area contributed by atoms with Crippen LogP contribution in [0.2, 0.25) is 0 Å². The van der Waals surface area contributed by atoms with Crippen LogP contribution in [0.4, 0.5) is 0 Å². The molecule has 0 aliphatic heterocycles. The van der Waals surface area contributed by atoms with Crippen molar-refractivity contribution in [1.29, 1.82) is 5.41 Å². The molecule has 0 aliphatic rings. The molecule has 4 N–H and O–H groups in total. The number of hydrazine groups is 1. The van der Waals surface area contributed by atoms with E-state index in [1.54, 1.807) is 0 Å². The van der Waals surface area contributed by atoms with Crippen molar-refractivity contribution in [3.63, 3.8) is 0 Å². The molecule has 0 aromatic rings. The van der Waals surface area contributed by atoms with Gasteiger partial charge in [-0.2, -0.15) is 5.43 Å². The molecule has 0 bridgehead atoms. The fraction of sp³-hybridized carbons (Fsp3) is 0.857. The first-order valence-corrected chi connectivity index (χ1v) is 7.64. The fourth-order valence-corrected chi connectivity index (χ4v) is 1.91. The highest BCUT2D eigenvalue weighted by atomic mass is 16.7. The van der Waals surface area contributed by atoms with Gasteiger partial charge in [-0.3, -0.25) is 5.41 Å². The van der Waals surface area contributed by atoms with Gasteiger partial charge in [0, 0.05) is 13.5 Å². The lowest BCUT2D eigenvalue weighted by Gasteiger charge is -2.20. The van der Waals surface area contributed by atoms with Gasteiger partial charge in [-0.1, -0.05) is 63.5 Å². The fourth-order valence-electron chi connectivity index (χ4n) is 1.91. The van der Waals surface area contributed by atoms with Crippen molar-refractivity contribution in [2.45, 2.75) is 71.6 Å². The molecular weight excluding hydrogens is 256 g/mol. The average Bonchev–Trinajstić information content (AvgIpc) is 2.39. The minimum absolute atomic E-state index is 0.323. The number of hydroxylamine groups is 1. The Hall–Kier alpha value is -1.30. The van der Waals surface area contributed by atoms with Crippen LogP contribution >= 0.6 is 0 Å². The summed E-state index contributed by atoms with van der Waals surface area (Å²) < 4.78 is 0. The van der Waals surface area contributed by atoms with Crippen molar-refractivity contribution in [2.75, 3.05) is 6.54 Å². The van der Waals surface area contributed by atoms with Crippen LogP contribution in [0.3, 0.4) is 0 Å². The van der Waals surface area contributed by atoms with Crippen LogP contribution in [0.1, 0.15) is 71.6 Å². The maximum atomic E-state index is 10.8. The number of nitrogens with one attached hydrogen (secondary N) is 2. The van der Waals surface area contributed by atoms with E-state index in [0.717, 1.165) is 18.0 Å². The lowest BCUT2D eigenvalue weighted by molar-refractivity contribution is -0.180. The Balaban J connectivity index is 3.41. The predicted octanol–water partition coefficient (Wildman–Crippen LogP) is 2.70. The van der Waals surface area contributed by atoms with Crippen molar-refractivity contribution < 1.29 is 9.63 Å². The normalized spacial score (nSPS) is 10.3. The number of nitrogens with zero attached hydrogens (tertiary/aromatic N) is 1. The predicted molar refractivity (Wildman–Crippen MR) is 80.7 cm³/mol. The van der Waals surface area contributed by atoms with Crippen molar-refractivity contribution in [3.05, 3.63) is 0 Å². The van der Waals surface area contributed by atoms with Crippen LogP contribution < -0.4 is 11.2 Å². The molecule has 118 valence electrons. The van der Waals surface area contributed by atoms with E-state index in [9.17, 15) is 4.79 Å². The van der Waals surface area contributed by atoms with E-state index in [2.05, 4.69) is 12.3 Å². The molecule has 6 heteroatoms. The second-order valence-electron chi connectivity index (χ2n) is 5.00. The van der Waals surface area contributed by atoms with Gasteiger partial charge in [0.25, 0.3) is 0 Å². The molecule has 20 heavy (non-hydrogen) atoms. The van der Waals surface area contributed by atoms with E-state index in [-0.39, 0.29) is 5.96 Å². The van der Waals surface area contributed by atoms with Gasteiger partial charge in [0.2, 0.25) is 5.96 Å². The lowest BCUT2D eigenvalue weighted by atomic mass is 10.1. The second kappa shape index (κ2) is 12.7. The summed E-state index contributed by atoms with van der Waals surface area (Å²) >= 11 is 0. The number of guanidine groups is 1. The van der Waals surface area contributed by atoms with Crippen LogP contribution in [-0.4, -0.2) is 23.6 Å². The standard InChI is InChI=1S/C14H30N4O2/c1-3-4-5-6-7-8-9-10-11-12-17-18(14(15)16)20-13(2)19/h17H,3-12H2,1-2H3,(H3,15,16). The van der Waals surface area contributed by atoms with Crippen molar-refractivity contribution in [2.24, 2.45) is 5.73 Å². The smallest absolute Gasteiger partial charge is 0.331 e. The minimum atomic E-state index is -0.500.